The molecule has 0 N–H and O–H groups in total. The van der Waals surface area contributed by atoms with E-state index in [1.165, 1.54) is 24.1 Å². The van der Waals surface area contributed by atoms with E-state index in [1.54, 1.807) is 12.2 Å². The minimum absolute atomic E-state index is 0.354. The Hall–Kier alpha value is -3.46. The molecular weight excluding hydrogens is 424 g/mol. The third kappa shape index (κ3) is 4.36. The van der Waals surface area contributed by atoms with E-state index in [2.05, 4.69) is 15.2 Å². The standard InChI is InChI=1S/C22H15F2N3O3S/c23-17-4-1-13(9-18(17)24)2-6-20-25-16(11-29-20)12-31-22-27-26-21(30-22)15-3-5-19-14(10-15)7-8-28-19/h1-6,9-11H,7-8,12H2/b6-2+. The number of hydrogen-bond acceptors (Lipinski definition) is 7. The van der Waals surface area contributed by atoms with Gasteiger partial charge < -0.3 is 13.6 Å². The van der Waals surface area contributed by atoms with Crippen LogP contribution in [0.2, 0.25) is 0 Å². The Morgan fingerprint density at radius 3 is 2.87 bits per heavy atom. The summed E-state index contributed by atoms with van der Waals surface area (Å²) >= 11 is 1.34. The first-order chi connectivity index (χ1) is 15.1. The smallest absolute Gasteiger partial charge is 0.277 e. The largest absolute Gasteiger partial charge is 0.493 e. The molecule has 0 spiro atoms. The molecule has 4 aromatic rings. The Bertz CT molecular complexity index is 1270. The Labute approximate surface area is 180 Å². The summed E-state index contributed by atoms with van der Waals surface area (Å²) in [6, 6.07) is 9.46. The number of thioether (sulfide) groups is 1. The van der Waals surface area contributed by atoms with Crippen molar-refractivity contribution in [1.29, 1.82) is 0 Å². The van der Waals surface area contributed by atoms with E-state index in [4.69, 9.17) is 13.6 Å². The highest BCUT2D eigenvalue weighted by Crippen LogP contribution is 2.31. The number of fused-ring (bicyclic) bond motifs is 1. The maximum Gasteiger partial charge on any atom is 0.277 e. The number of oxazole rings is 1. The van der Waals surface area contributed by atoms with Crippen molar-refractivity contribution in [2.45, 2.75) is 17.4 Å². The molecule has 31 heavy (non-hydrogen) atoms. The molecule has 0 aliphatic carbocycles. The Morgan fingerprint density at radius 1 is 1.03 bits per heavy atom. The molecule has 1 aliphatic rings. The topological polar surface area (TPSA) is 74.2 Å². The lowest BCUT2D eigenvalue weighted by Crippen LogP contribution is -1.85. The monoisotopic (exact) mass is 439 g/mol. The summed E-state index contributed by atoms with van der Waals surface area (Å²) in [5.41, 5.74) is 3.18. The first kappa shape index (κ1) is 19.5. The molecule has 0 radical (unpaired) electrons. The second-order valence-electron chi connectivity index (χ2n) is 6.77. The molecule has 2 aromatic heterocycles. The molecule has 5 rings (SSSR count). The zero-order chi connectivity index (χ0) is 21.2. The summed E-state index contributed by atoms with van der Waals surface area (Å²) in [5.74, 6) is 0.390. The molecule has 0 bridgehead atoms. The molecule has 0 atom stereocenters. The van der Waals surface area contributed by atoms with Crippen LogP contribution in [-0.4, -0.2) is 21.8 Å². The maximum absolute atomic E-state index is 13.3. The van der Waals surface area contributed by atoms with E-state index in [-0.39, 0.29) is 0 Å². The van der Waals surface area contributed by atoms with E-state index in [0.717, 1.165) is 35.4 Å². The van der Waals surface area contributed by atoms with Crippen LogP contribution in [-0.2, 0) is 12.2 Å². The van der Waals surface area contributed by atoms with Gasteiger partial charge in [0.2, 0.25) is 11.8 Å². The van der Waals surface area contributed by atoms with Gasteiger partial charge in [0.05, 0.1) is 12.3 Å². The summed E-state index contributed by atoms with van der Waals surface area (Å²) < 4.78 is 42.9. The van der Waals surface area contributed by atoms with Gasteiger partial charge in [-0.15, -0.1) is 10.2 Å². The summed E-state index contributed by atoms with van der Waals surface area (Å²) in [5, 5.41) is 8.62. The lowest BCUT2D eigenvalue weighted by molar-refractivity contribution is 0.357. The molecule has 3 heterocycles. The fraction of sp³-hybridized carbons (Fsp3) is 0.136. The third-order valence-corrected chi connectivity index (χ3v) is 5.47. The highest BCUT2D eigenvalue weighted by atomic mass is 32.2. The molecule has 0 saturated carbocycles. The van der Waals surface area contributed by atoms with Gasteiger partial charge in [0.25, 0.3) is 5.22 Å². The molecular formula is C22H15F2N3O3S. The van der Waals surface area contributed by atoms with Crippen LogP contribution in [0.15, 0.2) is 56.7 Å². The van der Waals surface area contributed by atoms with E-state index in [9.17, 15) is 8.78 Å². The summed E-state index contributed by atoms with van der Waals surface area (Å²) in [6.45, 7) is 0.694. The Kier molecular flexibility index (Phi) is 5.25. The zero-order valence-corrected chi connectivity index (χ0v) is 16.9. The summed E-state index contributed by atoms with van der Waals surface area (Å²) in [4.78, 5) is 4.34. The average Bonchev–Trinajstić information content (AvgIpc) is 3.53. The quantitative estimate of drug-likeness (QED) is 0.372. The van der Waals surface area contributed by atoms with Crippen molar-refractivity contribution >= 4 is 23.9 Å². The van der Waals surface area contributed by atoms with Gasteiger partial charge in [-0.1, -0.05) is 17.8 Å². The fourth-order valence-corrected chi connectivity index (χ4v) is 3.73. The number of ether oxygens (including phenoxy) is 1. The third-order valence-electron chi connectivity index (χ3n) is 4.62. The van der Waals surface area contributed by atoms with Crippen molar-refractivity contribution in [3.8, 4) is 17.2 Å². The molecule has 9 heteroatoms. The van der Waals surface area contributed by atoms with Crippen molar-refractivity contribution in [3.63, 3.8) is 0 Å². The van der Waals surface area contributed by atoms with Gasteiger partial charge in [-0.25, -0.2) is 13.8 Å². The van der Waals surface area contributed by atoms with Gasteiger partial charge in [-0.05, 0) is 47.5 Å². The first-order valence-corrected chi connectivity index (χ1v) is 10.4. The highest BCUT2D eigenvalue weighted by Gasteiger charge is 2.16. The first-order valence-electron chi connectivity index (χ1n) is 9.44. The molecule has 0 unspecified atom stereocenters. The predicted octanol–water partition coefficient (Wildman–Crippen LogP) is 5.40. The predicted molar refractivity (Wildman–Crippen MR) is 110 cm³/mol. The molecule has 0 saturated heterocycles. The van der Waals surface area contributed by atoms with Crippen molar-refractivity contribution in [1.82, 2.24) is 15.2 Å². The number of halogens is 2. The molecule has 156 valence electrons. The average molecular weight is 439 g/mol. The highest BCUT2D eigenvalue weighted by molar-refractivity contribution is 7.98. The van der Waals surface area contributed by atoms with E-state index < -0.39 is 11.6 Å². The van der Waals surface area contributed by atoms with Crippen LogP contribution in [0.1, 0.15) is 22.7 Å². The van der Waals surface area contributed by atoms with Crippen LogP contribution in [0.4, 0.5) is 8.78 Å². The van der Waals surface area contributed by atoms with Crippen molar-refractivity contribution in [2.75, 3.05) is 6.61 Å². The van der Waals surface area contributed by atoms with Gasteiger partial charge in [-0.3, -0.25) is 0 Å². The minimum atomic E-state index is -0.904. The van der Waals surface area contributed by atoms with E-state index >= 15 is 0 Å². The fourth-order valence-electron chi connectivity index (χ4n) is 3.09. The number of hydrogen-bond donors (Lipinski definition) is 0. The molecule has 0 amide bonds. The number of rotatable bonds is 6. The van der Waals surface area contributed by atoms with E-state index in [1.807, 2.05) is 18.2 Å². The molecule has 0 fully saturated rings. The zero-order valence-electron chi connectivity index (χ0n) is 16.0. The summed E-state index contributed by atoms with van der Waals surface area (Å²) in [6.07, 6.45) is 5.58. The van der Waals surface area contributed by atoms with Crippen LogP contribution in [0.5, 0.6) is 5.75 Å². The second-order valence-corrected chi connectivity index (χ2v) is 7.69. The van der Waals surface area contributed by atoms with Gasteiger partial charge in [-0.2, -0.15) is 0 Å². The van der Waals surface area contributed by atoms with Crippen LogP contribution < -0.4 is 4.74 Å². The Morgan fingerprint density at radius 2 is 1.97 bits per heavy atom. The van der Waals surface area contributed by atoms with Crippen molar-refractivity contribution in [3.05, 3.63) is 77.0 Å². The van der Waals surface area contributed by atoms with Crippen LogP contribution in [0, 0.1) is 11.6 Å². The maximum atomic E-state index is 13.3. The van der Waals surface area contributed by atoms with Crippen LogP contribution >= 0.6 is 11.8 Å². The van der Waals surface area contributed by atoms with Gasteiger partial charge in [0.15, 0.2) is 11.6 Å². The number of nitrogens with zero attached hydrogens (tertiary/aromatic N) is 3. The number of benzene rings is 2. The Balaban J connectivity index is 1.21. The lowest BCUT2D eigenvalue weighted by atomic mass is 10.1. The minimum Gasteiger partial charge on any atom is -0.493 e. The van der Waals surface area contributed by atoms with Gasteiger partial charge >= 0.3 is 0 Å². The SMILES string of the molecule is Fc1ccc(/C=C/c2nc(CSc3nnc(-c4ccc5c(c4)CCO5)o3)co2)cc1F. The van der Waals surface area contributed by atoms with Crippen LogP contribution in [0.3, 0.4) is 0 Å². The number of aromatic nitrogens is 3. The van der Waals surface area contributed by atoms with Gasteiger partial charge in [0, 0.05) is 23.8 Å². The molecule has 1 aliphatic heterocycles. The van der Waals surface area contributed by atoms with E-state index in [0.29, 0.717) is 40.6 Å². The molecule has 2 aromatic carbocycles. The summed E-state index contributed by atoms with van der Waals surface area (Å²) in [7, 11) is 0. The lowest BCUT2D eigenvalue weighted by Gasteiger charge is -1.99. The van der Waals surface area contributed by atoms with Crippen LogP contribution in [0.25, 0.3) is 23.6 Å². The molecule has 6 nitrogen and oxygen atoms in total. The second kappa shape index (κ2) is 8.35. The normalized spacial score (nSPS) is 13.0. The van der Waals surface area contributed by atoms with Crippen molar-refractivity contribution in [2.24, 2.45) is 0 Å². The van der Waals surface area contributed by atoms with Crippen molar-refractivity contribution < 1.29 is 22.4 Å². The van der Waals surface area contributed by atoms with Gasteiger partial charge in [0.1, 0.15) is 12.0 Å².